The number of likely N-dealkylation sites (N-methyl/N-ethyl adjacent to an activating group) is 1. The van der Waals surface area contributed by atoms with Crippen LogP contribution in [0.25, 0.3) is 0 Å². The Hall–Kier alpha value is -0.810. The fourth-order valence-electron chi connectivity index (χ4n) is 4.19. The summed E-state index contributed by atoms with van der Waals surface area (Å²) in [6.07, 6.45) is 3.56. The van der Waals surface area contributed by atoms with Crippen molar-refractivity contribution in [3.8, 4) is 0 Å². The number of nitrogens with one attached hydrogen (secondary N) is 1. The molecule has 24 heavy (non-hydrogen) atoms. The van der Waals surface area contributed by atoms with Crippen molar-refractivity contribution in [2.24, 2.45) is 23.5 Å². The Morgan fingerprint density at radius 2 is 1.88 bits per heavy atom. The molecule has 0 aromatic heterocycles. The molecule has 1 aromatic carbocycles. The molecule has 6 heteroatoms. The van der Waals surface area contributed by atoms with Gasteiger partial charge in [-0.25, -0.2) is 0 Å². The van der Waals surface area contributed by atoms with Crippen molar-refractivity contribution in [1.82, 2.24) is 10.2 Å². The van der Waals surface area contributed by atoms with E-state index in [1.807, 2.05) is 6.07 Å². The molecule has 2 aliphatic carbocycles. The third kappa shape index (κ3) is 4.85. The van der Waals surface area contributed by atoms with Crippen LogP contribution in [0.2, 0.25) is 0 Å². The topological polar surface area (TPSA) is 58.4 Å². The van der Waals surface area contributed by atoms with Crippen LogP contribution in [-0.4, -0.2) is 37.0 Å². The largest absolute Gasteiger partial charge is 0.355 e. The van der Waals surface area contributed by atoms with Gasteiger partial charge in [-0.1, -0.05) is 30.3 Å². The van der Waals surface area contributed by atoms with E-state index in [1.165, 1.54) is 18.4 Å². The summed E-state index contributed by atoms with van der Waals surface area (Å²) >= 11 is 0. The van der Waals surface area contributed by atoms with Crippen LogP contribution in [0.1, 0.15) is 24.8 Å². The SMILES string of the molecule is CN(CCNC(=O)C1C2CCC(C2)C1N)Cc1ccccc1.Cl.Cl. The van der Waals surface area contributed by atoms with Crippen LogP contribution in [0.3, 0.4) is 0 Å². The Balaban J connectivity index is 0.00000144. The molecule has 136 valence electrons. The smallest absolute Gasteiger partial charge is 0.225 e. The van der Waals surface area contributed by atoms with Crippen LogP contribution in [-0.2, 0) is 11.3 Å². The molecule has 0 spiro atoms. The van der Waals surface area contributed by atoms with Gasteiger partial charge in [-0.05, 0) is 43.7 Å². The first kappa shape index (κ1) is 21.2. The Morgan fingerprint density at radius 3 is 2.50 bits per heavy atom. The van der Waals surface area contributed by atoms with Gasteiger partial charge in [0.15, 0.2) is 0 Å². The first-order chi connectivity index (χ1) is 10.6. The number of carbonyl (C=O) groups is 1. The highest BCUT2D eigenvalue weighted by atomic mass is 35.5. The average molecular weight is 374 g/mol. The zero-order chi connectivity index (χ0) is 15.5. The number of carbonyl (C=O) groups excluding carboxylic acids is 1. The van der Waals surface area contributed by atoms with E-state index in [2.05, 4.69) is 41.5 Å². The summed E-state index contributed by atoms with van der Waals surface area (Å²) in [6, 6.07) is 10.5. The molecule has 4 unspecified atom stereocenters. The second kappa shape index (κ2) is 9.62. The second-order valence-corrected chi connectivity index (χ2v) is 6.95. The van der Waals surface area contributed by atoms with Crippen molar-refractivity contribution in [2.75, 3.05) is 20.1 Å². The lowest BCUT2D eigenvalue weighted by atomic mass is 9.84. The van der Waals surface area contributed by atoms with E-state index < -0.39 is 0 Å². The van der Waals surface area contributed by atoms with Crippen LogP contribution < -0.4 is 11.1 Å². The number of hydrogen-bond acceptors (Lipinski definition) is 3. The standard InChI is InChI=1S/C18H27N3O.2ClH/c1-21(12-13-5-3-2-4-6-13)10-9-20-18(22)16-14-7-8-15(11-14)17(16)19;;/h2-6,14-17H,7-12,19H2,1H3,(H,20,22);2*1H. The van der Waals surface area contributed by atoms with Crippen molar-refractivity contribution in [3.05, 3.63) is 35.9 Å². The lowest BCUT2D eigenvalue weighted by molar-refractivity contribution is -0.127. The number of benzene rings is 1. The number of fused-ring (bicyclic) bond motifs is 2. The van der Waals surface area contributed by atoms with Crippen LogP contribution in [0.4, 0.5) is 0 Å². The zero-order valence-corrected chi connectivity index (χ0v) is 15.8. The van der Waals surface area contributed by atoms with E-state index in [1.54, 1.807) is 0 Å². The molecular weight excluding hydrogens is 345 g/mol. The van der Waals surface area contributed by atoms with Crippen LogP contribution in [0.5, 0.6) is 0 Å². The van der Waals surface area contributed by atoms with Gasteiger partial charge in [0.05, 0.1) is 5.92 Å². The molecule has 3 N–H and O–H groups in total. The Bertz CT molecular complexity index is 512. The minimum Gasteiger partial charge on any atom is -0.355 e. The van der Waals surface area contributed by atoms with E-state index in [9.17, 15) is 4.79 Å². The molecule has 2 aliphatic rings. The van der Waals surface area contributed by atoms with Crippen molar-refractivity contribution in [1.29, 1.82) is 0 Å². The number of hydrogen-bond donors (Lipinski definition) is 2. The van der Waals surface area contributed by atoms with Crippen LogP contribution in [0.15, 0.2) is 30.3 Å². The predicted octanol–water partition coefficient (Wildman–Crippen LogP) is 2.45. The molecule has 2 fully saturated rings. The van der Waals surface area contributed by atoms with Gasteiger partial charge in [-0.3, -0.25) is 4.79 Å². The number of nitrogens with two attached hydrogens (primary N) is 1. The monoisotopic (exact) mass is 373 g/mol. The fourth-order valence-corrected chi connectivity index (χ4v) is 4.19. The summed E-state index contributed by atoms with van der Waals surface area (Å²) in [6.45, 7) is 2.46. The molecule has 2 saturated carbocycles. The molecule has 0 aliphatic heterocycles. The molecule has 2 bridgehead atoms. The Kier molecular flexibility index (Phi) is 8.51. The van der Waals surface area contributed by atoms with Gasteiger partial charge in [0.1, 0.15) is 0 Å². The minimum absolute atomic E-state index is 0. The van der Waals surface area contributed by atoms with Gasteiger partial charge in [-0.15, -0.1) is 24.8 Å². The summed E-state index contributed by atoms with van der Waals surface area (Å²) in [5.41, 5.74) is 7.53. The number of halogens is 2. The van der Waals surface area contributed by atoms with Gasteiger partial charge in [0, 0.05) is 25.7 Å². The van der Waals surface area contributed by atoms with Crippen molar-refractivity contribution >= 4 is 30.7 Å². The third-order valence-corrected chi connectivity index (χ3v) is 5.37. The third-order valence-electron chi connectivity index (χ3n) is 5.37. The summed E-state index contributed by atoms with van der Waals surface area (Å²) < 4.78 is 0. The highest BCUT2D eigenvalue weighted by molar-refractivity contribution is 5.85. The lowest BCUT2D eigenvalue weighted by Crippen LogP contribution is -2.46. The van der Waals surface area contributed by atoms with E-state index in [0.717, 1.165) is 19.5 Å². The van der Waals surface area contributed by atoms with E-state index >= 15 is 0 Å². The van der Waals surface area contributed by atoms with Crippen LogP contribution in [0, 0.1) is 17.8 Å². The highest BCUT2D eigenvalue weighted by Crippen LogP contribution is 2.47. The Labute approximate surface area is 157 Å². The number of rotatable bonds is 6. The molecule has 0 heterocycles. The Morgan fingerprint density at radius 1 is 1.21 bits per heavy atom. The van der Waals surface area contributed by atoms with Gasteiger partial charge in [0.2, 0.25) is 5.91 Å². The van der Waals surface area contributed by atoms with Crippen LogP contribution >= 0.6 is 24.8 Å². The molecule has 3 rings (SSSR count). The maximum absolute atomic E-state index is 12.4. The molecular formula is C18H29Cl2N3O. The summed E-state index contributed by atoms with van der Waals surface area (Å²) in [4.78, 5) is 14.6. The van der Waals surface area contributed by atoms with Crippen molar-refractivity contribution in [3.63, 3.8) is 0 Å². The quantitative estimate of drug-likeness (QED) is 0.804. The first-order valence-corrected chi connectivity index (χ1v) is 8.41. The van der Waals surface area contributed by atoms with E-state index in [0.29, 0.717) is 18.4 Å². The van der Waals surface area contributed by atoms with Crippen molar-refractivity contribution in [2.45, 2.75) is 31.8 Å². The maximum atomic E-state index is 12.4. The molecule has 1 aromatic rings. The second-order valence-electron chi connectivity index (χ2n) is 6.95. The van der Waals surface area contributed by atoms with Crippen molar-refractivity contribution < 1.29 is 4.79 Å². The minimum atomic E-state index is 0. The number of nitrogens with zero attached hydrogens (tertiary/aromatic N) is 1. The molecule has 0 radical (unpaired) electrons. The number of amides is 1. The molecule has 4 atom stereocenters. The van der Waals surface area contributed by atoms with Gasteiger partial charge in [0.25, 0.3) is 0 Å². The highest BCUT2D eigenvalue weighted by Gasteiger charge is 2.48. The van der Waals surface area contributed by atoms with Gasteiger partial charge in [-0.2, -0.15) is 0 Å². The molecule has 0 saturated heterocycles. The zero-order valence-electron chi connectivity index (χ0n) is 14.2. The van der Waals surface area contributed by atoms with Gasteiger partial charge >= 0.3 is 0 Å². The molecule has 1 amide bonds. The van der Waals surface area contributed by atoms with E-state index in [4.69, 9.17) is 5.73 Å². The predicted molar refractivity (Wildman–Crippen MR) is 103 cm³/mol. The fraction of sp³-hybridized carbons (Fsp3) is 0.611. The lowest BCUT2D eigenvalue weighted by Gasteiger charge is -2.27. The maximum Gasteiger partial charge on any atom is 0.225 e. The normalized spacial score (nSPS) is 27.5. The summed E-state index contributed by atoms with van der Waals surface area (Å²) in [5.74, 6) is 1.34. The summed E-state index contributed by atoms with van der Waals surface area (Å²) in [7, 11) is 2.09. The average Bonchev–Trinajstić information content (AvgIpc) is 3.09. The molecule has 4 nitrogen and oxygen atoms in total. The van der Waals surface area contributed by atoms with Gasteiger partial charge < -0.3 is 16.0 Å². The van der Waals surface area contributed by atoms with E-state index in [-0.39, 0.29) is 42.7 Å². The first-order valence-electron chi connectivity index (χ1n) is 8.41. The summed E-state index contributed by atoms with van der Waals surface area (Å²) in [5, 5.41) is 3.10.